The number of thiophene rings is 1. The second-order valence-corrected chi connectivity index (χ2v) is 4.90. The average molecular weight is 250 g/mol. The SMILES string of the molecule is O=C(C[C@H]1C=CCC1)NNC(=O)c1cccs1. The van der Waals surface area contributed by atoms with Crippen molar-refractivity contribution in [1.29, 1.82) is 0 Å². The summed E-state index contributed by atoms with van der Waals surface area (Å²) < 4.78 is 0. The zero-order valence-electron chi connectivity index (χ0n) is 9.31. The summed E-state index contributed by atoms with van der Waals surface area (Å²) in [6.07, 6.45) is 6.63. The van der Waals surface area contributed by atoms with Crippen LogP contribution in [0.5, 0.6) is 0 Å². The molecule has 0 saturated carbocycles. The van der Waals surface area contributed by atoms with Gasteiger partial charge in [-0.05, 0) is 30.2 Å². The lowest BCUT2D eigenvalue weighted by Crippen LogP contribution is -2.41. The number of hydrogen-bond acceptors (Lipinski definition) is 3. The maximum atomic E-state index is 11.5. The van der Waals surface area contributed by atoms with Crippen molar-refractivity contribution in [1.82, 2.24) is 10.9 Å². The Morgan fingerprint density at radius 2 is 2.29 bits per heavy atom. The summed E-state index contributed by atoms with van der Waals surface area (Å²) in [7, 11) is 0. The Bertz CT molecular complexity index is 426. The molecule has 0 fully saturated rings. The molecule has 0 aromatic carbocycles. The molecule has 1 atom stereocenters. The molecule has 2 amide bonds. The molecule has 0 saturated heterocycles. The fraction of sp³-hybridized carbons (Fsp3) is 0.333. The van der Waals surface area contributed by atoms with E-state index >= 15 is 0 Å². The van der Waals surface area contributed by atoms with Gasteiger partial charge >= 0.3 is 0 Å². The average Bonchev–Trinajstić information content (AvgIpc) is 2.97. The van der Waals surface area contributed by atoms with Crippen molar-refractivity contribution in [3.8, 4) is 0 Å². The summed E-state index contributed by atoms with van der Waals surface area (Å²) in [4.78, 5) is 23.6. The number of carbonyl (C=O) groups excluding carboxylic acids is 2. The first-order valence-corrected chi connectivity index (χ1v) is 6.43. The maximum absolute atomic E-state index is 11.5. The van der Waals surface area contributed by atoms with E-state index in [9.17, 15) is 9.59 Å². The lowest BCUT2D eigenvalue weighted by atomic mass is 10.1. The first kappa shape index (κ1) is 11.9. The number of hydrazine groups is 1. The van der Waals surface area contributed by atoms with Crippen molar-refractivity contribution in [2.24, 2.45) is 5.92 Å². The molecule has 0 radical (unpaired) electrons. The molecule has 1 aliphatic rings. The van der Waals surface area contributed by atoms with Crippen LogP contribution >= 0.6 is 11.3 Å². The van der Waals surface area contributed by atoms with Gasteiger partial charge in [0.1, 0.15) is 0 Å². The summed E-state index contributed by atoms with van der Waals surface area (Å²) in [5, 5.41) is 1.82. The molecule has 0 bridgehead atoms. The van der Waals surface area contributed by atoms with E-state index in [0.29, 0.717) is 17.2 Å². The van der Waals surface area contributed by atoms with E-state index in [1.54, 1.807) is 12.1 Å². The van der Waals surface area contributed by atoms with Gasteiger partial charge in [0.05, 0.1) is 4.88 Å². The van der Waals surface area contributed by atoms with E-state index in [-0.39, 0.29) is 11.8 Å². The minimum Gasteiger partial charge on any atom is -0.273 e. The molecular weight excluding hydrogens is 236 g/mol. The third-order valence-corrected chi connectivity index (χ3v) is 3.49. The second-order valence-electron chi connectivity index (χ2n) is 3.95. The number of amides is 2. The Morgan fingerprint density at radius 3 is 2.94 bits per heavy atom. The molecule has 2 rings (SSSR count). The number of nitrogens with one attached hydrogen (secondary N) is 2. The monoisotopic (exact) mass is 250 g/mol. The van der Waals surface area contributed by atoms with E-state index in [1.807, 2.05) is 5.38 Å². The topological polar surface area (TPSA) is 58.2 Å². The Morgan fingerprint density at radius 1 is 1.41 bits per heavy atom. The highest BCUT2D eigenvalue weighted by molar-refractivity contribution is 7.12. The molecule has 0 unspecified atom stereocenters. The van der Waals surface area contributed by atoms with Crippen molar-refractivity contribution in [2.75, 3.05) is 0 Å². The first-order chi connectivity index (χ1) is 8.25. The lowest BCUT2D eigenvalue weighted by Gasteiger charge is -2.09. The van der Waals surface area contributed by atoms with Gasteiger partial charge in [-0.1, -0.05) is 18.2 Å². The van der Waals surface area contributed by atoms with Crippen LogP contribution in [0.15, 0.2) is 29.7 Å². The smallest absolute Gasteiger partial charge is 0.273 e. The van der Waals surface area contributed by atoms with Crippen LogP contribution in [-0.4, -0.2) is 11.8 Å². The molecule has 5 heteroatoms. The molecule has 2 N–H and O–H groups in total. The highest BCUT2D eigenvalue weighted by Crippen LogP contribution is 2.19. The van der Waals surface area contributed by atoms with Crippen LogP contribution < -0.4 is 10.9 Å². The number of hydrogen-bond donors (Lipinski definition) is 2. The molecule has 1 aromatic heterocycles. The van der Waals surface area contributed by atoms with Crippen molar-refractivity contribution < 1.29 is 9.59 Å². The predicted octanol–water partition coefficient (Wildman–Crippen LogP) is 1.87. The van der Waals surface area contributed by atoms with Crippen molar-refractivity contribution in [3.63, 3.8) is 0 Å². The summed E-state index contributed by atoms with van der Waals surface area (Å²) in [5.74, 6) is -0.101. The Labute approximate surface area is 104 Å². The normalized spacial score (nSPS) is 18.0. The summed E-state index contributed by atoms with van der Waals surface area (Å²) in [6, 6.07) is 3.51. The van der Waals surface area contributed by atoms with Crippen LogP contribution in [0.25, 0.3) is 0 Å². The van der Waals surface area contributed by atoms with Gasteiger partial charge in [-0.15, -0.1) is 11.3 Å². The molecule has 17 heavy (non-hydrogen) atoms. The van der Waals surface area contributed by atoms with Gasteiger partial charge in [0.2, 0.25) is 5.91 Å². The van der Waals surface area contributed by atoms with Crippen LogP contribution in [0.2, 0.25) is 0 Å². The third kappa shape index (κ3) is 3.42. The number of carbonyl (C=O) groups is 2. The summed E-state index contributed by atoms with van der Waals surface area (Å²) >= 11 is 1.34. The van der Waals surface area contributed by atoms with E-state index in [0.717, 1.165) is 12.8 Å². The second kappa shape index (κ2) is 5.63. The van der Waals surface area contributed by atoms with Crippen LogP contribution in [0.4, 0.5) is 0 Å². The minimum absolute atomic E-state index is 0.147. The molecule has 1 aromatic rings. The van der Waals surface area contributed by atoms with E-state index < -0.39 is 0 Å². The summed E-state index contributed by atoms with van der Waals surface area (Å²) in [6.45, 7) is 0. The largest absolute Gasteiger partial charge is 0.279 e. The standard InChI is InChI=1S/C12H14N2O2S/c15-11(8-9-4-1-2-5-9)13-14-12(16)10-6-3-7-17-10/h1,3-4,6-7,9H,2,5,8H2,(H,13,15)(H,14,16)/t9-/m0/s1. The Balaban J connectivity index is 1.72. The zero-order valence-corrected chi connectivity index (χ0v) is 10.1. The third-order valence-electron chi connectivity index (χ3n) is 2.62. The minimum atomic E-state index is -0.268. The van der Waals surface area contributed by atoms with Gasteiger partial charge in [0, 0.05) is 6.42 Å². The first-order valence-electron chi connectivity index (χ1n) is 5.55. The molecule has 1 aliphatic carbocycles. The van der Waals surface area contributed by atoms with Crippen LogP contribution in [-0.2, 0) is 4.79 Å². The van der Waals surface area contributed by atoms with E-state index in [2.05, 4.69) is 23.0 Å². The van der Waals surface area contributed by atoms with Crippen LogP contribution in [0.1, 0.15) is 28.9 Å². The van der Waals surface area contributed by atoms with Crippen molar-refractivity contribution in [2.45, 2.75) is 19.3 Å². The van der Waals surface area contributed by atoms with Crippen LogP contribution in [0, 0.1) is 5.92 Å². The lowest BCUT2D eigenvalue weighted by molar-refractivity contribution is -0.122. The van der Waals surface area contributed by atoms with Crippen molar-refractivity contribution in [3.05, 3.63) is 34.5 Å². The fourth-order valence-corrected chi connectivity index (χ4v) is 2.37. The van der Waals surface area contributed by atoms with Gasteiger partial charge in [0.15, 0.2) is 0 Å². The highest BCUT2D eigenvalue weighted by Gasteiger charge is 2.14. The predicted molar refractivity (Wildman–Crippen MR) is 66.4 cm³/mol. The Kier molecular flexibility index (Phi) is 3.93. The van der Waals surface area contributed by atoms with E-state index in [4.69, 9.17) is 0 Å². The number of allylic oxidation sites excluding steroid dienone is 2. The quantitative estimate of drug-likeness (QED) is 0.635. The van der Waals surface area contributed by atoms with Gasteiger partial charge in [-0.25, -0.2) is 0 Å². The van der Waals surface area contributed by atoms with Gasteiger partial charge < -0.3 is 0 Å². The number of rotatable bonds is 3. The summed E-state index contributed by atoms with van der Waals surface area (Å²) in [5.41, 5.74) is 4.84. The van der Waals surface area contributed by atoms with Gasteiger partial charge in [-0.2, -0.15) is 0 Å². The maximum Gasteiger partial charge on any atom is 0.279 e. The molecule has 0 aliphatic heterocycles. The fourth-order valence-electron chi connectivity index (χ4n) is 1.75. The van der Waals surface area contributed by atoms with Crippen LogP contribution in [0.3, 0.4) is 0 Å². The highest BCUT2D eigenvalue weighted by atomic mass is 32.1. The van der Waals surface area contributed by atoms with E-state index in [1.165, 1.54) is 11.3 Å². The molecule has 90 valence electrons. The Hall–Kier alpha value is -1.62. The van der Waals surface area contributed by atoms with Gasteiger partial charge in [0.25, 0.3) is 5.91 Å². The molecular formula is C12H14N2O2S. The van der Waals surface area contributed by atoms with Gasteiger partial charge in [-0.3, -0.25) is 20.4 Å². The zero-order chi connectivity index (χ0) is 12.1. The molecule has 1 heterocycles. The molecule has 4 nitrogen and oxygen atoms in total. The van der Waals surface area contributed by atoms with Crippen molar-refractivity contribution >= 4 is 23.2 Å². The molecule has 0 spiro atoms.